The van der Waals surface area contributed by atoms with Gasteiger partial charge in [0.2, 0.25) is 0 Å². The summed E-state index contributed by atoms with van der Waals surface area (Å²) in [6, 6.07) is 28.4. The van der Waals surface area contributed by atoms with Gasteiger partial charge in [-0.05, 0) is 135 Å². The summed E-state index contributed by atoms with van der Waals surface area (Å²) >= 11 is 0. The largest absolute Gasteiger partial charge is 0.508 e. The van der Waals surface area contributed by atoms with Gasteiger partial charge in [-0.15, -0.1) is 13.2 Å². The molecule has 0 spiro atoms. The van der Waals surface area contributed by atoms with Crippen LogP contribution in [0.3, 0.4) is 0 Å². The Morgan fingerprint density at radius 1 is 0.825 bits per heavy atom. The highest BCUT2D eigenvalue weighted by atomic mass is 19.1. The molecule has 0 aromatic heterocycles. The first-order chi connectivity index (χ1) is 27.8. The first-order valence-corrected chi connectivity index (χ1v) is 21.0. The second-order valence-corrected chi connectivity index (χ2v) is 16.3. The zero-order valence-corrected chi connectivity index (χ0v) is 33.9. The number of hydrogen-bond acceptors (Lipinski definition) is 6. The third kappa shape index (κ3) is 8.98. The summed E-state index contributed by atoms with van der Waals surface area (Å²) in [7, 11) is 3.75. The van der Waals surface area contributed by atoms with E-state index < -0.39 is 0 Å². The van der Waals surface area contributed by atoms with Crippen LogP contribution in [0.1, 0.15) is 82.1 Å². The molecule has 4 aliphatic rings. The minimum absolute atomic E-state index is 0.0272. The molecule has 2 saturated heterocycles. The molecule has 4 aromatic rings. The van der Waals surface area contributed by atoms with Crippen molar-refractivity contribution in [3.8, 4) is 5.75 Å². The molecule has 8 heteroatoms. The molecule has 3 atom stereocenters. The SMILES string of the molecule is C=CCCC(C=C)N1Cc2cc(N3CCN(CC4CCN(c5ccc(C6c7ccc(O)cc7CCC6c6ccccc6)c(F)c5)CC4)CC3)ccc2C1=O.CNC. The molecule has 0 radical (unpaired) electrons. The molecule has 2 fully saturated rings. The van der Waals surface area contributed by atoms with Crippen LogP contribution in [0.4, 0.5) is 15.8 Å². The Bertz CT molecular complexity index is 2000. The lowest BCUT2D eigenvalue weighted by Crippen LogP contribution is -2.49. The second kappa shape index (κ2) is 18.6. The van der Waals surface area contributed by atoms with Crippen molar-refractivity contribution in [3.05, 3.63) is 149 Å². The fraction of sp³-hybridized carbons (Fsp3) is 0.408. The first kappa shape index (κ1) is 40.3. The molecule has 2 N–H and O–H groups in total. The van der Waals surface area contributed by atoms with Crippen LogP contribution >= 0.6 is 0 Å². The Hall–Kier alpha value is -4.92. The number of fused-ring (bicyclic) bond motifs is 2. The van der Waals surface area contributed by atoms with E-state index in [9.17, 15) is 9.90 Å². The summed E-state index contributed by atoms with van der Waals surface area (Å²) in [4.78, 5) is 22.6. The molecule has 3 aliphatic heterocycles. The number of phenolic OH excluding ortho intramolecular Hbond substituents is 1. The van der Waals surface area contributed by atoms with Gasteiger partial charge in [-0.1, -0.05) is 54.6 Å². The number of rotatable bonds is 11. The maximum Gasteiger partial charge on any atom is 0.254 e. The van der Waals surface area contributed by atoms with Crippen LogP contribution in [0.25, 0.3) is 0 Å². The third-order valence-corrected chi connectivity index (χ3v) is 12.6. The van der Waals surface area contributed by atoms with E-state index in [4.69, 9.17) is 0 Å². The number of aryl methyl sites for hydroxylation is 1. The number of piperidine rings is 1. The maximum atomic E-state index is 16.3. The predicted molar refractivity (Wildman–Crippen MR) is 232 cm³/mol. The summed E-state index contributed by atoms with van der Waals surface area (Å²) < 4.78 is 16.3. The topological polar surface area (TPSA) is 62.3 Å². The van der Waals surface area contributed by atoms with Gasteiger partial charge in [0.1, 0.15) is 11.6 Å². The van der Waals surface area contributed by atoms with E-state index in [1.165, 1.54) is 11.3 Å². The number of carbonyl (C=O) groups excluding carboxylic acids is 1. The molecule has 7 nitrogen and oxygen atoms in total. The van der Waals surface area contributed by atoms with Crippen molar-refractivity contribution in [1.29, 1.82) is 0 Å². The molecule has 1 aliphatic carbocycles. The quantitative estimate of drug-likeness (QED) is 0.149. The van der Waals surface area contributed by atoms with Gasteiger partial charge in [0.15, 0.2) is 0 Å². The molecule has 57 heavy (non-hydrogen) atoms. The van der Waals surface area contributed by atoms with Crippen molar-refractivity contribution < 1.29 is 14.3 Å². The van der Waals surface area contributed by atoms with Crippen LogP contribution in [0.15, 0.2) is 110 Å². The van der Waals surface area contributed by atoms with Gasteiger partial charge in [-0.2, -0.15) is 0 Å². The minimum Gasteiger partial charge on any atom is -0.508 e. The van der Waals surface area contributed by atoms with Crippen LogP contribution in [-0.4, -0.2) is 86.8 Å². The fourth-order valence-electron chi connectivity index (χ4n) is 9.63. The number of nitrogens with one attached hydrogen (secondary N) is 1. The van der Waals surface area contributed by atoms with Crippen molar-refractivity contribution in [3.63, 3.8) is 0 Å². The summed E-state index contributed by atoms with van der Waals surface area (Å²) in [6.07, 6.45) is 9.50. The Morgan fingerprint density at radius 3 is 2.21 bits per heavy atom. The van der Waals surface area contributed by atoms with Crippen LogP contribution in [-0.2, 0) is 13.0 Å². The van der Waals surface area contributed by atoms with E-state index in [2.05, 4.69) is 75.6 Å². The van der Waals surface area contributed by atoms with E-state index >= 15 is 4.39 Å². The van der Waals surface area contributed by atoms with Gasteiger partial charge in [0, 0.05) is 75.2 Å². The lowest BCUT2D eigenvalue weighted by Gasteiger charge is -2.40. The fourth-order valence-corrected chi connectivity index (χ4v) is 9.63. The van der Waals surface area contributed by atoms with Crippen LogP contribution in [0.5, 0.6) is 5.75 Å². The van der Waals surface area contributed by atoms with Gasteiger partial charge in [-0.3, -0.25) is 9.69 Å². The molecule has 300 valence electrons. The van der Waals surface area contributed by atoms with Crippen molar-refractivity contribution in [2.24, 2.45) is 5.92 Å². The molecular formula is C49H60FN5O2. The Kier molecular flexibility index (Phi) is 13.1. The highest BCUT2D eigenvalue weighted by Crippen LogP contribution is 2.48. The summed E-state index contributed by atoms with van der Waals surface area (Å²) in [6.45, 7) is 15.5. The van der Waals surface area contributed by atoms with Gasteiger partial charge in [-0.25, -0.2) is 4.39 Å². The highest BCUT2D eigenvalue weighted by Gasteiger charge is 2.35. The molecule has 0 saturated carbocycles. The number of piperazine rings is 1. The third-order valence-electron chi connectivity index (χ3n) is 12.6. The summed E-state index contributed by atoms with van der Waals surface area (Å²) in [5.41, 5.74) is 8.32. The van der Waals surface area contributed by atoms with Crippen molar-refractivity contribution >= 4 is 17.3 Å². The standard InChI is InChI=1S/C47H53FN4O2.C2H7N/c1-3-5-11-37(4-2)52-32-36-28-38(13-17-43(36)47(52)54)51-26-24-49(25-27-51)31-33-20-22-50(23-21-33)39-14-18-44(45(48)30-39)46-41(34-9-7-6-8-10-34)16-12-35-29-40(53)15-19-42(35)46;1-3-2/h3-4,6-10,13-15,17-19,28-30,33,37,41,46,53H,1-2,5,11-12,16,20-27,31-32H2;3H,1-2H3. The highest BCUT2D eigenvalue weighted by molar-refractivity contribution is 5.99. The number of carbonyl (C=O) groups is 1. The number of phenols is 1. The van der Waals surface area contributed by atoms with E-state index in [0.717, 1.165) is 118 Å². The Labute approximate surface area is 339 Å². The predicted octanol–water partition coefficient (Wildman–Crippen LogP) is 8.74. The van der Waals surface area contributed by atoms with E-state index in [1.807, 2.05) is 61.5 Å². The molecule has 3 heterocycles. The molecular weight excluding hydrogens is 710 g/mol. The maximum absolute atomic E-state index is 16.3. The second-order valence-electron chi connectivity index (χ2n) is 16.3. The average Bonchev–Trinajstić information content (AvgIpc) is 3.56. The molecule has 0 bridgehead atoms. The Morgan fingerprint density at radius 2 is 1.51 bits per heavy atom. The first-order valence-electron chi connectivity index (χ1n) is 21.0. The van der Waals surface area contributed by atoms with Gasteiger partial charge < -0.3 is 25.1 Å². The van der Waals surface area contributed by atoms with Crippen LogP contribution in [0, 0.1) is 11.7 Å². The van der Waals surface area contributed by atoms with Gasteiger partial charge in [0.05, 0.1) is 6.04 Å². The summed E-state index contributed by atoms with van der Waals surface area (Å²) in [5, 5.41) is 13.0. The van der Waals surface area contributed by atoms with Crippen LogP contribution in [0.2, 0.25) is 0 Å². The molecule has 8 rings (SSSR count). The van der Waals surface area contributed by atoms with E-state index in [1.54, 1.807) is 12.1 Å². The van der Waals surface area contributed by atoms with Gasteiger partial charge in [0.25, 0.3) is 5.91 Å². The number of benzene rings is 4. The lowest BCUT2D eigenvalue weighted by atomic mass is 9.69. The number of halogens is 1. The van der Waals surface area contributed by atoms with Crippen LogP contribution < -0.4 is 15.1 Å². The zero-order chi connectivity index (χ0) is 39.9. The molecule has 3 unspecified atom stereocenters. The Balaban J connectivity index is 0.00000160. The number of nitrogens with zero attached hydrogens (tertiary/aromatic N) is 4. The van der Waals surface area contributed by atoms with Crippen molar-refractivity contribution in [2.75, 3.05) is 69.7 Å². The normalized spacial score (nSPS) is 20.3. The molecule has 4 aromatic carbocycles. The number of aromatic hydroxyl groups is 1. The smallest absolute Gasteiger partial charge is 0.254 e. The molecule has 1 amide bonds. The number of anilines is 2. The zero-order valence-electron chi connectivity index (χ0n) is 33.9. The van der Waals surface area contributed by atoms with Crippen molar-refractivity contribution in [1.82, 2.24) is 15.1 Å². The average molecular weight is 770 g/mol. The number of hydrogen-bond donors (Lipinski definition) is 2. The van der Waals surface area contributed by atoms with E-state index in [-0.39, 0.29) is 35.4 Å². The minimum atomic E-state index is -0.142. The summed E-state index contributed by atoms with van der Waals surface area (Å²) in [5.74, 6) is 0.942. The lowest BCUT2D eigenvalue weighted by molar-refractivity contribution is 0.0731. The van der Waals surface area contributed by atoms with Gasteiger partial charge >= 0.3 is 0 Å². The number of amides is 1. The van der Waals surface area contributed by atoms with E-state index in [0.29, 0.717) is 12.5 Å². The number of allylic oxidation sites excluding steroid dienone is 1. The monoisotopic (exact) mass is 769 g/mol. The van der Waals surface area contributed by atoms with Crippen molar-refractivity contribution in [2.45, 2.75) is 62.9 Å².